The van der Waals surface area contributed by atoms with Crippen LogP contribution in [0.1, 0.15) is 41.0 Å². The number of ether oxygens (including phenoxy) is 1. The number of carbonyl (C=O) groups is 2. The molecule has 6 heteroatoms. The molecule has 112 valence electrons. The van der Waals surface area contributed by atoms with E-state index in [9.17, 15) is 18.0 Å². The SMILES string of the molecule is CCOC(=O)C(C)(C)C(=O)CS(=O)(=O)CC(C)CC. The van der Waals surface area contributed by atoms with Gasteiger partial charge in [-0.2, -0.15) is 0 Å². The summed E-state index contributed by atoms with van der Waals surface area (Å²) < 4.78 is 28.5. The maximum absolute atomic E-state index is 12.0. The first-order valence-corrected chi connectivity index (χ1v) is 8.29. The van der Waals surface area contributed by atoms with Gasteiger partial charge in [-0.25, -0.2) is 8.42 Å². The van der Waals surface area contributed by atoms with Crippen LogP contribution in [0.15, 0.2) is 0 Å². The zero-order chi connectivity index (χ0) is 15.3. The highest BCUT2D eigenvalue weighted by Crippen LogP contribution is 2.20. The second-order valence-corrected chi connectivity index (χ2v) is 7.45. The second-order valence-electron chi connectivity index (χ2n) is 5.34. The lowest BCUT2D eigenvalue weighted by Gasteiger charge is -2.21. The molecule has 0 aliphatic heterocycles. The number of ketones is 1. The van der Waals surface area contributed by atoms with Crippen LogP contribution in [0.3, 0.4) is 0 Å². The van der Waals surface area contributed by atoms with Crippen molar-refractivity contribution in [3.8, 4) is 0 Å². The van der Waals surface area contributed by atoms with Crippen LogP contribution in [0.25, 0.3) is 0 Å². The first kappa shape index (κ1) is 18.1. The zero-order valence-corrected chi connectivity index (χ0v) is 13.2. The Hall–Kier alpha value is -0.910. The molecule has 0 saturated heterocycles. The summed E-state index contributed by atoms with van der Waals surface area (Å²) in [4.78, 5) is 23.6. The lowest BCUT2D eigenvalue weighted by atomic mass is 9.89. The van der Waals surface area contributed by atoms with Gasteiger partial charge in [0, 0.05) is 0 Å². The molecule has 0 radical (unpaired) electrons. The van der Waals surface area contributed by atoms with Gasteiger partial charge < -0.3 is 4.74 Å². The molecule has 0 amide bonds. The molecular weight excluding hydrogens is 268 g/mol. The van der Waals surface area contributed by atoms with Crippen molar-refractivity contribution in [3.05, 3.63) is 0 Å². The summed E-state index contributed by atoms with van der Waals surface area (Å²) in [6, 6.07) is 0. The zero-order valence-electron chi connectivity index (χ0n) is 12.4. The summed E-state index contributed by atoms with van der Waals surface area (Å²) in [5.41, 5.74) is -1.42. The molecule has 0 bridgehead atoms. The predicted molar refractivity (Wildman–Crippen MR) is 73.5 cm³/mol. The molecule has 1 unspecified atom stereocenters. The maximum Gasteiger partial charge on any atom is 0.319 e. The molecule has 0 fully saturated rings. The molecule has 1 atom stereocenters. The first-order chi connectivity index (χ1) is 8.56. The van der Waals surface area contributed by atoms with Crippen molar-refractivity contribution < 1.29 is 22.7 Å². The normalized spacial score (nSPS) is 13.9. The Bertz CT molecular complexity index is 422. The van der Waals surface area contributed by atoms with Gasteiger partial charge in [-0.15, -0.1) is 0 Å². The van der Waals surface area contributed by atoms with Crippen molar-refractivity contribution in [1.82, 2.24) is 0 Å². The molecule has 0 rings (SSSR count). The minimum Gasteiger partial charge on any atom is -0.465 e. The molecular formula is C13H24O5S. The van der Waals surface area contributed by atoms with Crippen molar-refractivity contribution in [1.29, 1.82) is 0 Å². The van der Waals surface area contributed by atoms with Crippen molar-refractivity contribution in [2.24, 2.45) is 11.3 Å². The van der Waals surface area contributed by atoms with Crippen molar-refractivity contribution in [2.45, 2.75) is 41.0 Å². The highest BCUT2D eigenvalue weighted by molar-refractivity contribution is 7.92. The minimum atomic E-state index is -3.48. The Morgan fingerprint density at radius 2 is 1.74 bits per heavy atom. The van der Waals surface area contributed by atoms with E-state index in [0.29, 0.717) is 0 Å². The number of hydrogen-bond acceptors (Lipinski definition) is 5. The average molecular weight is 292 g/mol. The minimum absolute atomic E-state index is 0.00325. The topological polar surface area (TPSA) is 77.5 Å². The molecule has 0 aliphatic carbocycles. The smallest absolute Gasteiger partial charge is 0.319 e. The van der Waals surface area contributed by atoms with Gasteiger partial charge in [-0.3, -0.25) is 9.59 Å². The lowest BCUT2D eigenvalue weighted by molar-refractivity contribution is -0.157. The Morgan fingerprint density at radius 3 is 2.16 bits per heavy atom. The summed E-state index contributed by atoms with van der Waals surface area (Å²) >= 11 is 0. The van der Waals surface area contributed by atoms with Gasteiger partial charge in [-0.1, -0.05) is 20.3 Å². The van der Waals surface area contributed by atoms with Crippen LogP contribution in [-0.2, 0) is 24.2 Å². The number of sulfone groups is 1. The molecule has 0 heterocycles. The third-order valence-electron chi connectivity index (χ3n) is 3.07. The molecule has 0 saturated carbocycles. The molecule has 5 nitrogen and oxygen atoms in total. The number of rotatable bonds is 8. The summed E-state index contributed by atoms with van der Waals surface area (Å²) in [5, 5.41) is 0. The van der Waals surface area contributed by atoms with Gasteiger partial charge >= 0.3 is 5.97 Å². The Balaban J connectivity index is 4.81. The summed E-state index contributed by atoms with van der Waals surface area (Å²) in [7, 11) is -3.48. The van der Waals surface area contributed by atoms with Crippen LogP contribution in [-0.4, -0.2) is 38.3 Å². The lowest BCUT2D eigenvalue weighted by Crippen LogP contribution is -2.39. The quantitative estimate of drug-likeness (QED) is 0.501. The van der Waals surface area contributed by atoms with Gasteiger partial charge in [0.2, 0.25) is 0 Å². The van der Waals surface area contributed by atoms with Gasteiger partial charge in [0.05, 0.1) is 12.4 Å². The molecule has 0 N–H and O–H groups in total. The molecule has 0 aromatic carbocycles. The highest BCUT2D eigenvalue weighted by atomic mass is 32.2. The predicted octanol–water partition coefficient (Wildman–Crippen LogP) is 1.61. The maximum atomic E-state index is 12.0. The third-order valence-corrected chi connectivity index (χ3v) is 4.85. The Labute approximate surface area is 115 Å². The van der Waals surface area contributed by atoms with E-state index >= 15 is 0 Å². The van der Waals surface area contributed by atoms with Crippen LogP contribution in [0, 0.1) is 11.3 Å². The monoisotopic (exact) mass is 292 g/mol. The Kier molecular flexibility index (Phi) is 6.69. The molecule has 0 aromatic heterocycles. The van der Waals surface area contributed by atoms with Crippen molar-refractivity contribution in [2.75, 3.05) is 18.1 Å². The van der Waals surface area contributed by atoms with E-state index in [1.807, 2.05) is 13.8 Å². The fraction of sp³-hybridized carbons (Fsp3) is 0.846. The number of carbonyl (C=O) groups excluding carboxylic acids is 2. The standard InChI is InChI=1S/C13H24O5S/c1-6-10(3)8-19(16,17)9-11(14)13(4,5)12(15)18-7-2/h10H,6-9H2,1-5H3. The first-order valence-electron chi connectivity index (χ1n) is 6.47. The largest absolute Gasteiger partial charge is 0.465 e. The Morgan fingerprint density at radius 1 is 1.21 bits per heavy atom. The molecule has 0 aromatic rings. The van der Waals surface area contributed by atoms with Gasteiger partial charge in [0.15, 0.2) is 15.6 Å². The van der Waals surface area contributed by atoms with Gasteiger partial charge in [0.25, 0.3) is 0 Å². The van der Waals surface area contributed by atoms with E-state index in [0.717, 1.165) is 6.42 Å². The summed E-state index contributed by atoms with van der Waals surface area (Å²) in [6.07, 6.45) is 0.731. The van der Waals surface area contributed by atoms with E-state index in [-0.39, 0.29) is 18.3 Å². The summed E-state index contributed by atoms with van der Waals surface area (Å²) in [5.74, 6) is -1.94. The average Bonchev–Trinajstić information content (AvgIpc) is 2.27. The molecule has 19 heavy (non-hydrogen) atoms. The van der Waals surface area contributed by atoms with Crippen LogP contribution >= 0.6 is 0 Å². The number of hydrogen-bond donors (Lipinski definition) is 0. The van der Waals surface area contributed by atoms with Crippen LogP contribution < -0.4 is 0 Å². The van der Waals surface area contributed by atoms with E-state index in [4.69, 9.17) is 4.74 Å². The van der Waals surface area contributed by atoms with Gasteiger partial charge in [-0.05, 0) is 26.7 Å². The molecule has 0 spiro atoms. The van der Waals surface area contributed by atoms with Crippen LogP contribution in [0.5, 0.6) is 0 Å². The van der Waals surface area contributed by atoms with Crippen LogP contribution in [0.4, 0.5) is 0 Å². The number of esters is 1. The van der Waals surface area contributed by atoms with E-state index in [1.54, 1.807) is 6.92 Å². The third kappa shape index (κ3) is 5.72. The van der Waals surface area contributed by atoms with Crippen molar-refractivity contribution in [3.63, 3.8) is 0 Å². The van der Waals surface area contributed by atoms with E-state index in [1.165, 1.54) is 13.8 Å². The fourth-order valence-electron chi connectivity index (χ4n) is 1.42. The second kappa shape index (κ2) is 7.03. The molecule has 0 aliphatic rings. The van der Waals surface area contributed by atoms with Gasteiger partial charge in [0.1, 0.15) is 11.2 Å². The van der Waals surface area contributed by atoms with E-state index in [2.05, 4.69) is 0 Å². The van der Waals surface area contributed by atoms with Crippen LogP contribution in [0.2, 0.25) is 0 Å². The fourth-order valence-corrected chi connectivity index (χ4v) is 3.40. The number of Topliss-reactive ketones (excluding diaryl/α,β-unsaturated/α-hetero) is 1. The highest BCUT2D eigenvalue weighted by Gasteiger charge is 2.39. The summed E-state index contributed by atoms with van der Waals surface area (Å²) in [6.45, 7) is 8.30. The van der Waals surface area contributed by atoms with E-state index < -0.39 is 32.8 Å². The van der Waals surface area contributed by atoms with Crippen molar-refractivity contribution >= 4 is 21.6 Å².